The van der Waals surface area contributed by atoms with Gasteiger partial charge in [0.15, 0.2) is 23.0 Å². The Morgan fingerprint density at radius 2 is 1.57 bits per heavy atom. The van der Waals surface area contributed by atoms with Crippen molar-refractivity contribution in [2.45, 2.75) is 50.4 Å². The van der Waals surface area contributed by atoms with E-state index >= 15 is 0 Å². The zero-order valence-electron chi connectivity index (χ0n) is 22.4. The predicted molar refractivity (Wildman–Crippen MR) is 146 cm³/mol. The molecule has 2 aromatic rings. The lowest BCUT2D eigenvalue weighted by Crippen LogP contribution is -2.50. The van der Waals surface area contributed by atoms with E-state index in [1.165, 1.54) is 0 Å². The van der Waals surface area contributed by atoms with Crippen LogP contribution in [-0.2, 0) is 11.2 Å². The Morgan fingerprint density at radius 3 is 2.22 bits per heavy atom. The molecule has 1 saturated heterocycles. The third-order valence-corrected chi connectivity index (χ3v) is 7.83. The molecule has 3 rings (SSSR count). The van der Waals surface area contributed by atoms with Gasteiger partial charge in [-0.15, -0.1) is 11.8 Å². The Kier molecular flexibility index (Phi) is 10.8. The number of carbonyl (C=O) groups excluding carboxylic acids is 2. The van der Waals surface area contributed by atoms with E-state index in [1.54, 1.807) is 63.3 Å². The van der Waals surface area contributed by atoms with Gasteiger partial charge in [0.05, 0.1) is 33.8 Å². The minimum absolute atomic E-state index is 0.0475. The van der Waals surface area contributed by atoms with Crippen molar-refractivity contribution in [1.29, 1.82) is 0 Å². The second-order valence-corrected chi connectivity index (χ2v) is 10.0. The van der Waals surface area contributed by atoms with Gasteiger partial charge >= 0.3 is 0 Å². The van der Waals surface area contributed by atoms with Crippen LogP contribution in [0.2, 0.25) is 0 Å². The molecular formula is C28H38N2O6S. The van der Waals surface area contributed by atoms with Crippen LogP contribution < -0.4 is 24.3 Å². The van der Waals surface area contributed by atoms with E-state index in [9.17, 15) is 9.59 Å². The van der Waals surface area contributed by atoms with Gasteiger partial charge in [-0.2, -0.15) is 0 Å². The van der Waals surface area contributed by atoms with Gasteiger partial charge in [0.1, 0.15) is 6.04 Å². The fourth-order valence-electron chi connectivity index (χ4n) is 4.43. The number of hydrogen-bond acceptors (Lipinski definition) is 7. The van der Waals surface area contributed by atoms with E-state index in [1.807, 2.05) is 18.2 Å². The molecule has 1 fully saturated rings. The highest BCUT2D eigenvalue weighted by Gasteiger charge is 2.41. The summed E-state index contributed by atoms with van der Waals surface area (Å²) in [5.74, 6) is 2.61. The van der Waals surface area contributed by atoms with Crippen LogP contribution in [0.15, 0.2) is 36.4 Å². The number of unbranched alkanes of at least 4 members (excludes halogenated alkanes) is 2. The van der Waals surface area contributed by atoms with Crippen LogP contribution in [-0.4, -0.2) is 68.9 Å². The first-order valence-electron chi connectivity index (χ1n) is 12.6. The molecule has 1 aliphatic rings. The van der Waals surface area contributed by atoms with Crippen LogP contribution in [0, 0.1) is 0 Å². The molecule has 1 N–H and O–H groups in total. The highest BCUT2D eigenvalue weighted by Crippen LogP contribution is 2.36. The summed E-state index contributed by atoms with van der Waals surface area (Å²) in [6.07, 6.45) is 4.69. The summed E-state index contributed by atoms with van der Waals surface area (Å²) in [4.78, 5) is 28.8. The first kappa shape index (κ1) is 28.5. The maximum atomic E-state index is 13.7. The molecule has 2 unspecified atom stereocenters. The van der Waals surface area contributed by atoms with Crippen molar-refractivity contribution in [2.75, 3.05) is 40.7 Å². The maximum Gasteiger partial charge on any atom is 0.255 e. The molecule has 0 saturated carbocycles. The van der Waals surface area contributed by atoms with Gasteiger partial charge in [-0.1, -0.05) is 32.3 Å². The van der Waals surface area contributed by atoms with Crippen LogP contribution in [0.1, 0.15) is 48.5 Å². The van der Waals surface area contributed by atoms with Gasteiger partial charge in [0.2, 0.25) is 5.91 Å². The molecule has 9 heteroatoms. The number of thioether (sulfide) groups is 1. The third kappa shape index (κ3) is 7.03. The first-order valence-corrected chi connectivity index (χ1v) is 13.7. The Hall–Kier alpha value is -3.07. The SMILES string of the molecule is CCCCCC1SCC(C(=O)NCCc2ccc(OC)c(OC)c2)N1C(=O)c1ccc(OC)c(OC)c1. The lowest BCUT2D eigenvalue weighted by molar-refractivity contribution is -0.124. The molecule has 0 spiro atoms. The average Bonchev–Trinajstić information content (AvgIpc) is 3.36. The zero-order valence-corrected chi connectivity index (χ0v) is 23.2. The molecule has 1 aliphatic heterocycles. The van der Waals surface area contributed by atoms with Crippen molar-refractivity contribution in [1.82, 2.24) is 10.2 Å². The monoisotopic (exact) mass is 530 g/mol. The standard InChI is InChI=1S/C28H38N2O6S/c1-6-7-8-9-26-30(28(32)20-11-13-23(34-3)25(17-20)36-5)21(18-37-26)27(31)29-15-14-19-10-12-22(33-2)24(16-19)35-4/h10-13,16-17,21,26H,6-9,14-15,18H2,1-5H3,(H,29,31). The number of amides is 2. The number of nitrogens with one attached hydrogen (secondary N) is 1. The van der Waals surface area contributed by atoms with Crippen molar-refractivity contribution >= 4 is 23.6 Å². The summed E-state index contributed by atoms with van der Waals surface area (Å²) in [7, 11) is 6.30. The van der Waals surface area contributed by atoms with Crippen LogP contribution in [0.4, 0.5) is 0 Å². The Bertz CT molecular complexity index is 1060. The summed E-state index contributed by atoms with van der Waals surface area (Å²) >= 11 is 1.67. The fourth-order valence-corrected chi connectivity index (χ4v) is 5.88. The number of benzene rings is 2. The molecule has 0 aliphatic carbocycles. The van der Waals surface area contributed by atoms with Crippen molar-refractivity contribution in [3.63, 3.8) is 0 Å². The smallest absolute Gasteiger partial charge is 0.255 e. The number of ether oxygens (including phenoxy) is 4. The van der Waals surface area contributed by atoms with Crippen molar-refractivity contribution in [3.8, 4) is 23.0 Å². The molecular weight excluding hydrogens is 492 g/mol. The fraction of sp³-hybridized carbons (Fsp3) is 0.500. The molecule has 0 aromatic heterocycles. The summed E-state index contributed by atoms with van der Waals surface area (Å²) in [6, 6.07) is 10.3. The van der Waals surface area contributed by atoms with E-state index in [4.69, 9.17) is 18.9 Å². The largest absolute Gasteiger partial charge is 0.493 e. The van der Waals surface area contributed by atoms with E-state index in [0.29, 0.717) is 47.3 Å². The van der Waals surface area contributed by atoms with Crippen molar-refractivity contribution < 1.29 is 28.5 Å². The third-order valence-electron chi connectivity index (χ3n) is 6.48. The Balaban J connectivity index is 1.73. The number of methoxy groups -OCH3 is 4. The number of rotatable bonds is 13. The van der Waals surface area contributed by atoms with Gasteiger partial charge in [0.25, 0.3) is 5.91 Å². The molecule has 2 aromatic carbocycles. The van der Waals surface area contributed by atoms with Crippen LogP contribution in [0.3, 0.4) is 0 Å². The lowest BCUT2D eigenvalue weighted by atomic mass is 10.1. The van der Waals surface area contributed by atoms with Crippen molar-refractivity contribution in [2.24, 2.45) is 0 Å². The summed E-state index contributed by atoms with van der Waals surface area (Å²) in [5, 5.41) is 2.99. The Labute approximate surface area is 224 Å². The van der Waals surface area contributed by atoms with Gasteiger partial charge < -0.3 is 29.2 Å². The minimum atomic E-state index is -0.539. The first-order chi connectivity index (χ1) is 18.0. The topological polar surface area (TPSA) is 86.3 Å². The van der Waals surface area contributed by atoms with E-state index in [0.717, 1.165) is 31.2 Å². The number of hydrogen-bond donors (Lipinski definition) is 1. The van der Waals surface area contributed by atoms with Crippen molar-refractivity contribution in [3.05, 3.63) is 47.5 Å². The van der Waals surface area contributed by atoms with E-state index in [-0.39, 0.29) is 17.2 Å². The number of nitrogens with zero attached hydrogens (tertiary/aromatic N) is 1. The van der Waals surface area contributed by atoms with Gasteiger partial charge in [-0.05, 0) is 48.7 Å². The second-order valence-electron chi connectivity index (χ2n) is 8.81. The van der Waals surface area contributed by atoms with Crippen LogP contribution in [0.5, 0.6) is 23.0 Å². The summed E-state index contributed by atoms with van der Waals surface area (Å²) < 4.78 is 21.4. The Morgan fingerprint density at radius 1 is 0.919 bits per heavy atom. The molecule has 8 nitrogen and oxygen atoms in total. The highest BCUT2D eigenvalue weighted by atomic mass is 32.2. The molecule has 202 valence electrons. The molecule has 1 heterocycles. The quantitative estimate of drug-likeness (QED) is 0.381. The molecule has 2 atom stereocenters. The maximum absolute atomic E-state index is 13.7. The minimum Gasteiger partial charge on any atom is -0.493 e. The van der Waals surface area contributed by atoms with E-state index in [2.05, 4.69) is 12.2 Å². The summed E-state index contributed by atoms with van der Waals surface area (Å²) in [6.45, 7) is 2.61. The molecule has 37 heavy (non-hydrogen) atoms. The zero-order chi connectivity index (χ0) is 26.8. The van der Waals surface area contributed by atoms with Crippen LogP contribution in [0.25, 0.3) is 0 Å². The molecule has 0 radical (unpaired) electrons. The normalized spacial score (nSPS) is 16.8. The van der Waals surface area contributed by atoms with E-state index < -0.39 is 6.04 Å². The summed E-state index contributed by atoms with van der Waals surface area (Å²) in [5.41, 5.74) is 1.50. The predicted octanol–water partition coefficient (Wildman–Crippen LogP) is 4.54. The molecule has 0 bridgehead atoms. The highest BCUT2D eigenvalue weighted by molar-refractivity contribution is 8.00. The average molecular weight is 531 g/mol. The second kappa shape index (κ2) is 14.0. The van der Waals surface area contributed by atoms with Gasteiger partial charge in [-0.3, -0.25) is 9.59 Å². The lowest BCUT2D eigenvalue weighted by Gasteiger charge is -2.29. The van der Waals surface area contributed by atoms with Gasteiger partial charge in [0, 0.05) is 17.9 Å². The molecule has 2 amide bonds. The number of carbonyl (C=O) groups is 2. The van der Waals surface area contributed by atoms with Crippen LogP contribution >= 0.6 is 11.8 Å². The van der Waals surface area contributed by atoms with Gasteiger partial charge in [-0.25, -0.2) is 0 Å².